The number of carbonyl (C=O) groups is 2. The minimum atomic E-state index is -3.76. The SMILES string of the molecule is CNC(=O)c1c(-c2ccc(C)cc2)oc2nc(N(CCCC/C(C(=O)O)=C(\C)O)S(C)(=O)=O)c(C3CC3)cc12. The van der Waals surface area contributed by atoms with Crippen LogP contribution in [0.4, 0.5) is 5.82 Å². The molecule has 0 bridgehead atoms. The number of aryl methyl sites for hydroxylation is 1. The molecule has 3 aromatic rings. The predicted molar refractivity (Wildman–Crippen MR) is 149 cm³/mol. The summed E-state index contributed by atoms with van der Waals surface area (Å²) in [6.45, 7) is 3.35. The number of sulfonamides is 1. The average molecular weight is 556 g/mol. The quantitative estimate of drug-likeness (QED) is 0.172. The third kappa shape index (κ3) is 6.08. The number of aliphatic hydroxyl groups is 1. The van der Waals surface area contributed by atoms with Crippen LogP contribution in [0.15, 0.2) is 46.1 Å². The number of nitrogens with zero attached hydrogens (tertiary/aromatic N) is 2. The summed E-state index contributed by atoms with van der Waals surface area (Å²) < 4.78 is 33.2. The van der Waals surface area contributed by atoms with Crippen LogP contribution in [-0.4, -0.2) is 55.3 Å². The van der Waals surface area contributed by atoms with Crippen LogP contribution in [0.2, 0.25) is 0 Å². The number of carboxylic acids is 1. The molecular weight excluding hydrogens is 522 g/mol. The lowest BCUT2D eigenvalue weighted by molar-refractivity contribution is -0.133. The molecule has 2 heterocycles. The van der Waals surface area contributed by atoms with Crippen LogP contribution in [0.25, 0.3) is 22.4 Å². The number of furan rings is 1. The molecule has 4 rings (SSSR count). The van der Waals surface area contributed by atoms with Crippen molar-refractivity contribution in [3.05, 3.63) is 58.4 Å². The molecule has 0 saturated heterocycles. The van der Waals surface area contributed by atoms with Gasteiger partial charge in [-0.15, -0.1) is 0 Å². The molecule has 0 atom stereocenters. The molecule has 3 N–H and O–H groups in total. The van der Waals surface area contributed by atoms with Gasteiger partial charge >= 0.3 is 5.97 Å². The van der Waals surface area contributed by atoms with E-state index >= 15 is 0 Å². The highest BCUT2D eigenvalue weighted by atomic mass is 32.2. The van der Waals surface area contributed by atoms with Crippen molar-refractivity contribution in [3.63, 3.8) is 0 Å². The monoisotopic (exact) mass is 555 g/mol. The lowest BCUT2D eigenvalue weighted by Crippen LogP contribution is -2.32. The second-order valence-electron chi connectivity index (χ2n) is 9.94. The Morgan fingerprint density at radius 3 is 2.36 bits per heavy atom. The van der Waals surface area contributed by atoms with E-state index in [0.29, 0.717) is 35.1 Å². The number of hydrogen-bond acceptors (Lipinski definition) is 7. The van der Waals surface area contributed by atoms with Gasteiger partial charge in [0.05, 0.1) is 28.5 Å². The maximum Gasteiger partial charge on any atom is 0.334 e. The summed E-state index contributed by atoms with van der Waals surface area (Å²) >= 11 is 0. The number of carbonyl (C=O) groups excluding carboxylic acids is 1. The number of allylic oxidation sites excluding steroid dienone is 1. The number of unbranched alkanes of at least 4 members (excludes halogenated alkanes) is 1. The topological polar surface area (TPSA) is 150 Å². The van der Waals surface area contributed by atoms with Crippen LogP contribution in [0, 0.1) is 6.92 Å². The fourth-order valence-corrected chi connectivity index (χ4v) is 5.53. The summed E-state index contributed by atoms with van der Waals surface area (Å²) in [5, 5.41) is 22.1. The largest absolute Gasteiger partial charge is 0.512 e. The zero-order valence-corrected chi connectivity index (χ0v) is 23.3. The van der Waals surface area contributed by atoms with E-state index in [1.54, 1.807) is 7.05 Å². The first kappa shape index (κ1) is 28.2. The van der Waals surface area contributed by atoms with E-state index < -0.39 is 16.0 Å². The number of amides is 1. The molecule has 208 valence electrons. The summed E-state index contributed by atoms with van der Waals surface area (Å²) in [5.41, 5.74) is 2.89. The van der Waals surface area contributed by atoms with Crippen LogP contribution in [0.3, 0.4) is 0 Å². The molecule has 1 aromatic carbocycles. The Balaban J connectivity index is 1.77. The number of aliphatic carboxylic acids is 1. The molecule has 0 radical (unpaired) electrons. The van der Waals surface area contributed by atoms with Gasteiger partial charge in [-0.05, 0) is 63.5 Å². The van der Waals surface area contributed by atoms with Crippen molar-refractivity contribution in [1.82, 2.24) is 10.3 Å². The minimum absolute atomic E-state index is 0.0717. The fourth-order valence-electron chi connectivity index (χ4n) is 4.61. The van der Waals surface area contributed by atoms with E-state index in [9.17, 15) is 28.2 Å². The number of pyridine rings is 1. The molecular formula is C28H33N3O7S. The normalized spacial score (nSPS) is 14.3. The first-order valence-electron chi connectivity index (χ1n) is 12.8. The van der Waals surface area contributed by atoms with E-state index in [4.69, 9.17) is 4.42 Å². The second-order valence-corrected chi connectivity index (χ2v) is 11.8. The number of rotatable bonds is 11. The molecule has 0 unspecified atom stereocenters. The molecule has 1 amide bonds. The number of nitrogens with one attached hydrogen (secondary N) is 1. The van der Waals surface area contributed by atoms with E-state index in [1.807, 2.05) is 37.3 Å². The molecule has 39 heavy (non-hydrogen) atoms. The molecule has 10 nitrogen and oxygen atoms in total. The van der Waals surface area contributed by atoms with Crippen molar-refractivity contribution in [2.24, 2.45) is 0 Å². The van der Waals surface area contributed by atoms with Gasteiger partial charge in [-0.25, -0.2) is 13.2 Å². The number of aliphatic hydroxyl groups excluding tert-OH is 1. The van der Waals surface area contributed by atoms with E-state index in [1.165, 1.54) is 11.2 Å². The zero-order chi connectivity index (χ0) is 28.5. The Morgan fingerprint density at radius 1 is 1.15 bits per heavy atom. The first-order chi connectivity index (χ1) is 18.4. The molecule has 1 saturated carbocycles. The van der Waals surface area contributed by atoms with Gasteiger partial charge in [-0.1, -0.05) is 29.8 Å². The van der Waals surface area contributed by atoms with Gasteiger partial charge < -0.3 is 19.9 Å². The maximum absolute atomic E-state index is 13.0. The molecule has 1 fully saturated rings. The van der Waals surface area contributed by atoms with Crippen molar-refractivity contribution >= 4 is 38.8 Å². The van der Waals surface area contributed by atoms with Gasteiger partial charge in [-0.3, -0.25) is 9.10 Å². The van der Waals surface area contributed by atoms with Gasteiger partial charge in [0.2, 0.25) is 15.7 Å². The lowest BCUT2D eigenvalue weighted by atomic mass is 10.0. The standard InChI is InChI=1S/C28H33N3O7S/c1-16-8-10-19(11-9-16)24-23(26(33)29-3)22-15-21(18-12-13-18)25(30-27(22)38-24)31(39(4,36)37)14-6-5-7-20(17(2)32)28(34)35/h8-11,15,18,32H,5-7,12-14H2,1-4H3,(H,29,33)(H,34,35)/b20-17-. The first-order valence-corrected chi connectivity index (χ1v) is 14.6. The van der Waals surface area contributed by atoms with Gasteiger partial charge in [0.1, 0.15) is 11.6 Å². The number of anilines is 1. The number of carboxylic acid groups (broad SMARTS) is 1. The minimum Gasteiger partial charge on any atom is -0.512 e. The third-order valence-electron chi connectivity index (χ3n) is 6.85. The molecule has 1 aliphatic carbocycles. The number of hydrogen-bond donors (Lipinski definition) is 3. The van der Waals surface area contributed by atoms with E-state index in [2.05, 4.69) is 10.3 Å². The third-order valence-corrected chi connectivity index (χ3v) is 8.00. The van der Waals surface area contributed by atoms with Crippen LogP contribution < -0.4 is 9.62 Å². The van der Waals surface area contributed by atoms with Crippen molar-refractivity contribution < 1.29 is 32.6 Å². The summed E-state index contributed by atoms with van der Waals surface area (Å²) in [4.78, 5) is 29.0. The van der Waals surface area contributed by atoms with Crippen LogP contribution in [-0.2, 0) is 14.8 Å². The lowest BCUT2D eigenvalue weighted by Gasteiger charge is -2.24. The predicted octanol–water partition coefficient (Wildman–Crippen LogP) is 4.89. The van der Waals surface area contributed by atoms with Gasteiger partial charge in [0.25, 0.3) is 5.91 Å². The number of fused-ring (bicyclic) bond motifs is 1. The molecule has 0 aliphatic heterocycles. The average Bonchev–Trinajstić information content (AvgIpc) is 3.64. The highest BCUT2D eigenvalue weighted by Gasteiger charge is 2.34. The summed E-state index contributed by atoms with van der Waals surface area (Å²) in [7, 11) is -2.22. The molecule has 1 aliphatic rings. The molecule has 11 heteroatoms. The van der Waals surface area contributed by atoms with Crippen molar-refractivity contribution in [2.75, 3.05) is 24.2 Å². The van der Waals surface area contributed by atoms with Crippen LogP contribution >= 0.6 is 0 Å². The number of benzene rings is 1. The highest BCUT2D eigenvalue weighted by molar-refractivity contribution is 7.92. The molecule has 0 spiro atoms. The second kappa shape index (κ2) is 11.1. The van der Waals surface area contributed by atoms with Gasteiger partial charge in [-0.2, -0.15) is 4.98 Å². The Morgan fingerprint density at radius 2 is 1.82 bits per heavy atom. The van der Waals surface area contributed by atoms with Crippen molar-refractivity contribution in [3.8, 4) is 11.3 Å². The van der Waals surface area contributed by atoms with Crippen LogP contribution in [0.1, 0.15) is 66.4 Å². The van der Waals surface area contributed by atoms with Crippen molar-refractivity contribution in [1.29, 1.82) is 0 Å². The Bertz CT molecular complexity index is 1550. The van der Waals surface area contributed by atoms with Gasteiger partial charge in [0.15, 0.2) is 0 Å². The van der Waals surface area contributed by atoms with Crippen molar-refractivity contribution in [2.45, 2.75) is 51.9 Å². The van der Waals surface area contributed by atoms with E-state index in [0.717, 1.165) is 30.2 Å². The number of aromatic nitrogens is 1. The highest BCUT2D eigenvalue weighted by Crippen LogP contribution is 2.46. The Hall–Kier alpha value is -3.86. The maximum atomic E-state index is 13.0. The van der Waals surface area contributed by atoms with E-state index in [-0.39, 0.29) is 47.7 Å². The van der Waals surface area contributed by atoms with Crippen LogP contribution in [0.5, 0.6) is 0 Å². The smallest absolute Gasteiger partial charge is 0.334 e. The Kier molecular flexibility index (Phi) is 8.01. The summed E-state index contributed by atoms with van der Waals surface area (Å²) in [6, 6.07) is 9.37. The summed E-state index contributed by atoms with van der Waals surface area (Å²) in [6.07, 6.45) is 3.65. The zero-order valence-electron chi connectivity index (χ0n) is 22.4. The molecule has 2 aromatic heterocycles. The fraction of sp³-hybridized carbons (Fsp3) is 0.393. The van der Waals surface area contributed by atoms with Gasteiger partial charge in [0, 0.05) is 19.2 Å². The Labute approximate surface area is 227 Å². The summed E-state index contributed by atoms with van der Waals surface area (Å²) in [5.74, 6) is -1.08.